The van der Waals surface area contributed by atoms with Crippen LogP contribution in [0.15, 0.2) is 11.4 Å². The van der Waals surface area contributed by atoms with Crippen LogP contribution in [0.3, 0.4) is 0 Å². The average molecular weight is 290 g/mol. The molecule has 0 saturated carbocycles. The summed E-state index contributed by atoms with van der Waals surface area (Å²) in [6, 6.07) is 4.69. The molecule has 3 aliphatic rings. The predicted octanol–water partition coefficient (Wildman–Crippen LogP) is 3.59. The van der Waals surface area contributed by atoms with Crippen molar-refractivity contribution in [2.45, 2.75) is 63.6 Å². The van der Waals surface area contributed by atoms with E-state index in [1.165, 1.54) is 51.6 Å². The van der Waals surface area contributed by atoms with E-state index >= 15 is 0 Å². The maximum Gasteiger partial charge on any atom is 0.0331 e. The maximum absolute atomic E-state index is 3.76. The van der Waals surface area contributed by atoms with Crippen molar-refractivity contribution < 1.29 is 0 Å². The van der Waals surface area contributed by atoms with Crippen LogP contribution in [0.4, 0.5) is 0 Å². The highest BCUT2D eigenvalue weighted by Gasteiger charge is 2.33. The molecule has 110 valence electrons. The van der Waals surface area contributed by atoms with Gasteiger partial charge in [0, 0.05) is 29.5 Å². The number of hydrogen-bond donors (Lipinski definition) is 1. The Bertz CT molecular complexity index is 457. The molecule has 2 fully saturated rings. The molecule has 0 aromatic carbocycles. The highest BCUT2D eigenvalue weighted by atomic mass is 32.1. The molecule has 2 saturated heterocycles. The molecule has 2 nitrogen and oxygen atoms in total. The fraction of sp³-hybridized carbons (Fsp3) is 0.765. The molecular weight excluding hydrogens is 264 g/mol. The van der Waals surface area contributed by atoms with E-state index in [0.29, 0.717) is 6.04 Å². The molecule has 1 aromatic rings. The van der Waals surface area contributed by atoms with Crippen LogP contribution in [0.2, 0.25) is 0 Å². The zero-order valence-corrected chi connectivity index (χ0v) is 13.3. The average Bonchev–Trinajstić information content (AvgIpc) is 3.05. The summed E-state index contributed by atoms with van der Waals surface area (Å²) in [5, 5.41) is 6.04. The van der Waals surface area contributed by atoms with Crippen LogP contribution < -0.4 is 5.32 Å². The van der Waals surface area contributed by atoms with Crippen molar-refractivity contribution in [3.63, 3.8) is 0 Å². The molecule has 1 aromatic heterocycles. The van der Waals surface area contributed by atoms with E-state index in [1.807, 2.05) is 11.3 Å². The number of hydrogen-bond acceptors (Lipinski definition) is 3. The minimum Gasteiger partial charge on any atom is -0.311 e. The summed E-state index contributed by atoms with van der Waals surface area (Å²) in [7, 11) is 0. The Morgan fingerprint density at radius 2 is 2.10 bits per heavy atom. The number of rotatable bonds is 3. The summed E-state index contributed by atoms with van der Waals surface area (Å²) >= 11 is 1.95. The topological polar surface area (TPSA) is 15.3 Å². The summed E-state index contributed by atoms with van der Waals surface area (Å²) in [5.41, 5.74) is 1.60. The number of nitrogens with zero attached hydrogens (tertiary/aromatic N) is 1. The van der Waals surface area contributed by atoms with Crippen LogP contribution in [-0.4, -0.2) is 30.1 Å². The van der Waals surface area contributed by atoms with Gasteiger partial charge in [0.15, 0.2) is 0 Å². The summed E-state index contributed by atoms with van der Waals surface area (Å²) in [5.74, 6) is 0.977. The number of piperidine rings is 1. The molecule has 0 aliphatic carbocycles. The third-order valence-corrected chi connectivity index (χ3v) is 6.80. The van der Waals surface area contributed by atoms with Crippen molar-refractivity contribution in [3.05, 3.63) is 21.9 Å². The van der Waals surface area contributed by atoms with Crippen LogP contribution in [0.1, 0.15) is 55.5 Å². The Hall–Kier alpha value is -0.380. The van der Waals surface area contributed by atoms with E-state index in [9.17, 15) is 0 Å². The zero-order chi connectivity index (χ0) is 13.5. The number of thiophene rings is 1. The van der Waals surface area contributed by atoms with Crippen LogP contribution in [0.25, 0.3) is 0 Å². The van der Waals surface area contributed by atoms with Gasteiger partial charge in [0.1, 0.15) is 0 Å². The molecule has 3 atom stereocenters. The molecule has 4 rings (SSSR count). The second kappa shape index (κ2) is 5.43. The molecule has 3 heteroatoms. The van der Waals surface area contributed by atoms with Crippen molar-refractivity contribution in [1.82, 2.24) is 10.2 Å². The normalized spacial score (nSPS) is 37.0. The second-order valence-corrected chi connectivity index (χ2v) is 8.03. The van der Waals surface area contributed by atoms with Gasteiger partial charge in [-0.1, -0.05) is 0 Å². The van der Waals surface area contributed by atoms with Crippen molar-refractivity contribution >= 4 is 11.3 Å². The highest BCUT2D eigenvalue weighted by molar-refractivity contribution is 7.10. The Morgan fingerprint density at radius 1 is 1.30 bits per heavy atom. The van der Waals surface area contributed by atoms with Gasteiger partial charge < -0.3 is 5.32 Å². The first-order valence-corrected chi connectivity index (χ1v) is 9.24. The lowest BCUT2D eigenvalue weighted by Crippen LogP contribution is -2.40. The van der Waals surface area contributed by atoms with E-state index in [-0.39, 0.29) is 0 Å². The van der Waals surface area contributed by atoms with E-state index in [1.54, 1.807) is 10.4 Å². The molecule has 0 spiro atoms. The molecule has 1 N–H and O–H groups in total. The molecule has 0 radical (unpaired) electrons. The number of nitrogens with one attached hydrogen (secondary N) is 1. The standard InChI is InChI=1S/C17H26N2S/c1-12-16-6-9-20-17(16)5-8-19(12)7-4-13-10-14-2-3-15(11-13)18-14/h6,9,12-15,18H,2-5,7-8,10-11H2,1H3. The smallest absolute Gasteiger partial charge is 0.0331 e. The molecule has 4 heterocycles. The van der Waals surface area contributed by atoms with Crippen LogP contribution in [0, 0.1) is 5.92 Å². The molecule has 2 bridgehead atoms. The van der Waals surface area contributed by atoms with Gasteiger partial charge in [-0.2, -0.15) is 0 Å². The van der Waals surface area contributed by atoms with Crippen molar-refractivity contribution in [2.24, 2.45) is 5.92 Å². The second-order valence-electron chi connectivity index (χ2n) is 7.03. The molecule has 3 aliphatic heterocycles. The van der Waals surface area contributed by atoms with Crippen LogP contribution >= 0.6 is 11.3 Å². The lowest BCUT2D eigenvalue weighted by molar-refractivity contribution is 0.171. The number of fused-ring (bicyclic) bond motifs is 3. The Labute approximate surface area is 126 Å². The van der Waals surface area contributed by atoms with Gasteiger partial charge in [0.25, 0.3) is 0 Å². The van der Waals surface area contributed by atoms with E-state index < -0.39 is 0 Å². The van der Waals surface area contributed by atoms with Crippen molar-refractivity contribution in [1.29, 1.82) is 0 Å². The summed E-state index contributed by atoms with van der Waals surface area (Å²) in [4.78, 5) is 4.35. The largest absolute Gasteiger partial charge is 0.311 e. The van der Waals surface area contributed by atoms with Gasteiger partial charge in [-0.05, 0) is 74.9 Å². The van der Waals surface area contributed by atoms with Gasteiger partial charge in [-0.15, -0.1) is 11.3 Å². The van der Waals surface area contributed by atoms with E-state index in [2.05, 4.69) is 28.6 Å². The third kappa shape index (κ3) is 2.44. The van der Waals surface area contributed by atoms with E-state index in [4.69, 9.17) is 0 Å². The van der Waals surface area contributed by atoms with E-state index in [0.717, 1.165) is 18.0 Å². The first kappa shape index (κ1) is 13.3. The summed E-state index contributed by atoms with van der Waals surface area (Å²) in [6.07, 6.45) is 8.41. The molecule has 3 unspecified atom stereocenters. The SMILES string of the molecule is CC1c2ccsc2CCN1CCC1CC2CCC(C1)N2. The first-order valence-electron chi connectivity index (χ1n) is 8.36. The van der Waals surface area contributed by atoms with Gasteiger partial charge in [0.2, 0.25) is 0 Å². The maximum atomic E-state index is 3.76. The first-order chi connectivity index (χ1) is 9.79. The monoisotopic (exact) mass is 290 g/mol. The van der Waals surface area contributed by atoms with Crippen LogP contribution in [-0.2, 0) is 6.42 Å². The Morgan fingerprint density at radius 3 is 2.90 bits per heavy atom. The van der Waals surface area contributed by atoms with Gasteiger partial charge in [-0.25, -0.2) is 0 Å². The van der Waals surface area contributed by atoms with Gasteiger partial charge in [0.05, 0.1) is 0 Å². The molecular formula is C17H26N2S. The van der Waals surface area contributed by atoms with Crippen molar-refractivity contribution in [3.8, 4) is 0 Å². The van der Waals surface area contributed by atoms with Crippen LogP contribution in [0.5, 0.6) is 0 Å². The fourth-order valence-corrected chi connectivity index (χ4v) is 5.59. The summed E-state index contributed by atoms with van der Waals surface area (Å²) < 4.78 is 0. The van der Waals surface area contributed by atoms with Gasteiger partial charge >= 0.3 is 0 Å². The molecule has 20 heavy (non-hydrogen) atoms. The van der Waals surface area contributed by atoms with Gasteiger partial charge in [-0.3, -0.25) is 4.90 Å². The van der Waals surface area contributed by atoms with Crippen molar-refractivity contribution in [2.75, 3.05) is 13.1 Å². The lowest BCUT2D eigenvalue weighted by atomic mass is 9.89. The lowest BCUT2D eigenvalue weighted by Gasteiger charge is -2.36. The Balaban J connectivity index is 1.34. The fourth-order valence-electron chi connectivity index (χ4n) is 4.63. The zero-order valence-electron chi connectivity index (χ0n) is 12.5. The molecule has 0 amide bonds. The minimum atomic E-state index is 0.642. The third-order valence-electron chi connectivity index (χ3n) is 5.80. The Kier molecular flexibility index (Phi) is 3.61. The minimum absolute atomic E-state index is 0.642. The quantitative estimate of drug-likeness (QED) is 0.915. The summed E-state index contributed by atoms with van der Waals surface area (Å²) in [6.45, 7) is 4.98. The predicted molar refractivity (Wildman–Crippen MR) is 85.3 cm³/mol. The highest BCUT2D eigenvalue weighted by Crippen LogP contribution is 2.35.